The first-order chi connectivity index (χ1) is 3.56. The number of hydrogen-bond donors (Lipinski definition) is 2. The number of alkyl halides is 3. The highest BCUT2D eigenvalue weighted by Gasteiger charge is 2.26. The molecule has 50 valence electrons. The zero-order valence-corrected chi connectivity index (χ0v) is 3.70. The van der Waals surface area contributed by atoms with Crippen LogP contribution in [0.5, 0.6) is 0 Å². The van der Waals surface area contributed by atoms with Crippen LogP contribution in [0, 0.1) is 0 Å². The lowest BCUT2D eigenvalue weighted by Crippen LogP contribution is -2.27. The number of hydroxylamine groups is 1. The molecule has 0 atom stereocenters. The van der Waals surface area contributed by atoms with Gasteiger partial charge < -0.3 is 0 Å². The fourth-order valence-electron chi connectivity index (χ4n) is 0.114. The minimum Gasteiger partial charge on any atom is -0.233 e. The van der Waals surface area contributed by atoms with E-state index in [2.05, 4.69) is 4.99 Å². The Kier molecular flexibility index (Phi) is 2.74. The summed E-state index contributed by atoms with van der Waals surface area (Å²) in [6.45, 7) is -1.36. The molecule has 0 aromatic rings. The molecule has 0 aromatic carbocycles. The molecule has 0 saturated carbocycles. The predicted molar refractivity (Wildman–Crippen MR) is 17.8 cm³/mol. The van der Waals surface area contributed by atoms with Crippen LogP contribution in [0.2, 0.25) is 0 Å². The van der Waals surface area contributed by atoms with Crippen LogP contribution < -0.4 is 5.48 Å². The molecule has 0 amide bonds. The highest BCUT2D eigenvalue weighted by molar-refractivity contribution is 4.46. The highest BCUT2D eigenvalue weighted by Crippen LogP contribution is 2.11. The minimum absolute atomic E-state index is 1.22. The fraction of sp³-hybridized carbons (Fsp3) is 1.00. The second-order valence-corrected chi connectivity index (χ2v) is 1.03. The molecule has 0 heterocycles. The first-order valence-corrected chi connectivity index (χ1v) is 1.66. The lowest BCUT2D eigenvalue weighted by atomic mass is 10.7. The summed E-state index contributed by atoms with van der Waals surface area (Å²) in [4.78, 5) is 2.95. The first-order valence-electron chi connectivity index (χ1n) is 1.66. The van der Waals surface area contributed by atoms with Crippen LogP contribution in [-0.2, 0) is 4.99 Å². The van der Waals surface area contributed by atoms with Gasteiger partial charge in [-0.1, -0.05) is 0 Å². The Hall–Kier alpha value is -0.330. The van der Waals surface area contributed by atoms with Gasteiger partial charge in [0, 0.05) is 0 Å². The van der Waals surface area contributed by atoms with Gasteiger partial charge in [-0.15, -0.1) is 4.99 Å². The van der Waals surface area contributed by atoms with E-state index >= 15 is 0 Å². The van der Waals surface area contributed by atoms with Crippen LogP contribution in [0.3, 0.4) is 0 Å². The summed E-state index contributed by atoms with van der Waals surface area (Å²) < 4.78 is 33.0. The summed E-state index contributed by atoms with van der Waals surface area (Å²) in [5.74, 6) is 0. The number of nitrogens with one attached hydrogen (secondary N) is 1. The molecule has 0 unspecified atom stereocenters. The van der Waals surface area contributed by atoms with Gasteiger partial charge in [0.05, 0.1) is 0 Å². The van der Waals surface area contributed by atoms with E-state index in [-0.39, 0.29) is 0 Å². The molecule has 0 aromatic heterocycles. The summed E-state index contributed by atoms with van der Waals surface area (Å²) >= 11 is 0. The zero-order chi connectivity index (χ0) is 6.62. The van der Waals surface area contributed by atoms with Crippen molar-refractivity contribution in [3.05, 3.63) is 0 Å². The summed E-state index contributed by atoms with van der Waals surface area (Å²) in [6.07, 6.45) is -4.34. The molecule has 0 aliphatic carbocycles. The van der Waals surface area contributed by atoms with Crippen molar-refractivity contribution >= 4 is 0 Å². The summed E-state index contributed by atoms with van der Waals surface area (Å²) in [5, 5.41) is 7.32. The van der Waals surface area contributed by atoms with E-state index in [1.165, 1.54) is 5.48 Å². The van der Waals surface area contributed by atoms with Crippen molar-refractivity contribution < 1.29 is 23.4 Å². The van der Waals surface area contributed by atoms with Crippen molar-refractivity contribution in [2.75, 3.05) is 6.54 Å². The molecule has 0 saturated heterocycles. The Morgan fingerprint density at radius 3 is 2.12 bits per heavy atom. The second kappa shape index (κ2) is 2.85. The van der Waals surface area contributed by atoms with Gasteiger partial charge in [0.1, 0.15) is 6.54 Å². The lowest BCUT2D eigenvalue weighted by molar-refractivity contribution is -0.306. The molecule has 0 aliphatic heterocycles. The summed E-state index contributed by atoms with van der Waals surface area (Å²) in [7, 11) is 0. The number of rotatable bonds is 2. The third-order valence-corrected chi connectivity index (χ3v) is 0.337. The van der Waals surface area contributed by atoms with Crippen LogP contribution in [0.1, 0.15) is 0 Å². The average Bonchev–Trinajstić information content (AvgIpc) is 1.59. The monoisotopic (exact) mass is 131 g/mol. The van der Waals surface area contributed by atoms with Gasteiger partial charge in [0.15, 0.2) is 0 Å². The van der Waals surface area contributed by atoms with E-state index in [0.29, 0.717) is 0 Å². The lowest BCUT2D eigenvalue weighted by Gasteiger charge is -2.02. The maximum Gasteiger partial charge on any atom is 0.403 e. The maximum atomic E-state index is 11.0. The van der Waals surface area contributed by atoms with E-state index in [0.717, 1.165) is 0 Å². The molecular formula is C2H4F3NO2. The molecule has 0 spiro atoms. The molecular weight excluding hydrogens is 127 g/mol. The van der Waals surface area contributed by atoms with Gasteiger partial charge in [-0.05, 0) is 0 Å². The van der Waals surface area contributed by atoms with Crippen LogP contribution in [-0.4, -0.2) is 18.0 Å². The first kappa shape index (κ1) is 7.67. The highest BCUT2D eigenvalue weighted by atomic mass is 19.4. The Morgan fingerprint density at radius 2 is 2.00 bits per heavy atom. The minimum atomic E-state index is -4.34. The van der Waals surface area contributed by atoms with Crippen molar-refractivity contribution in [1.29, 1.82) is 0 Å². The third-order valence-electron chi connectivity index (χ3n) is 0.337. The Morgan fingerprint density at radius 1 is 1.50 bits per heavy atom. The van der Waals surface area contributed by atoms with Crippen LogP contribution in [0.15, 0.2) is 0 Å². The smallest absolute Gasteiger partial charge is 0.233 e. The molecule has 3 nitrogen and oxygen atoms in total. The van der Waals surface area contributed by atoms with Crippen molar-refractivity contribution in [2.45, 2.75) is 6.18 Å². The Bertz CT molecular complexity index is 62.8. The standard InChI is InChI=1S/C2H4F3NO2/c3-2(4,5)1-6-8-7/h6-7H,1H2. The Balaban J connectivity index is 3.11. The van der Waals surface area contributed by atoms with Gasteiger partial charge in [0.25, 0.3) is 0 Å². The summed E-state index contributed by atoms with van der Waals surface area (Å²) in [5.41, 5.74) is 1.22. The number of hydrogen-bond acceptors (Lipinski definition) is 3. The topological polar surface area (TPSA) is 41.5 Å². The predicted octanol–water partition coefficient (Wildman–Crippen LogP) is 0.543. The zero-order valence-electron chi connectivity index (χ0n) is 3.70. The Labute approximate surface area is 42.9 Å². The van der Waals surface area contributed by atoms with E-state index in [1.807, 2.05) is 0 Å². The normalized spacial score (nSPS) is 12.0. The molecule has 0 radical (unpaired) electrons. The van der Waals surface area contributed by atoms with Gasteiger partial charge in [-0.2, -0.15) is 18.7 Å². The van der Waals surface area contributed by atoms with Crippen molar-refractivity contribution in [2.24, 2.45) is 0 Å². The molecule has 0 fully saturated rings. The molecule has 0 rings (SSSR count). The van der Waals surface area contributed by atoms with Crippen molar-refractivity contribution in [3.63, 3.8) is 0 Å². The van der Waals surface area contributed by atoms with Gasteiger partial charge >= 0.3 is 6.18 Å². The second-order valence-electron chi connectivity index (χ2n) is 1.03. The van der Waals surface area contributed by atoms with E-state index in [9.17, 15) is 13.2 Å². The van der Waals surface area contributed by atoms with Crippen LogP contribution >= 0.6 is 0 Å². The van der Waals surface area contributed by atoms with Crippen molar-refractivity contribution in [3.8, 4) is 0 Å². The SMILES string of the molecule is OONCC(F)(F)F. The van der Waals surface area contributed by atoms with Crippen LogP contribution in [0.25, 0.3) is 0 Å². The summed E-state index contributed by atoms with van der Waals surface area (Å²) in [6, 6.07) is 0. The van der Waals surface area contributed by atoms with Crippen molar-refractivity contribution in [1.82, 2.24) is 5.48 Å². The van der Waals surface area contributed by atoms with Gasteiger partial charge in [-0.3, -0.25) is 0 Å². The fourth-order valence-corrected chi connectivity index (χ4v) is 0.114. The molecule has 0 aliphatic rings. The molecule has 0 bridgehead atoms. The average molecular weight is 131 g/mol. The van der Waals surface area contributed by atoms with Gasteiger partial charge in [0.2, 0.25) is 0 Å². The van der Waals surface area contributed by atoms with E-state index < -0.39 is 12.7 Å². The number of halogens is 3. The molecule has 6 heteroatoms. The van der Waals surface area contributed by atoms with Crippen LogP contribution in [0.4, 0.5) is 13.2 Å². The molecule has 2 N–H and O–H groups in total. The molecule has 8 heavy (non-hydrogen) atoms. The maximum absolute atomic E-state index is 11.0. The van der Waals surface area contributed by atoms with Gasteiger partial charge in [-0.25, -0.2) is 5.26 Å². The van der Waals surface area contributed by atoms with E-state index in [4.69, 9.17) is 5.26 Å². The largest absolute Gasteiger partial charge is 0.403 e. The third kappa shape index (κ3) is 5.67. The quantitative estimate of drug-likeness (QED) is 0.424. The van der Waals surface area contributed by atoms with E-state index in [1.54, 1.807) is 0 Å².